The van der Waals surface area contributed by atoms with E-state index in [1.54, 1.807) is 0 Å². The van der Waals surface area contributed by atoms with E-state index < -0.39 is 0 Å². The van der Waals surface area contributed by atoms with Gasteiger partial charge < -0.3 is 10.1 Å². The molecule has 0 aromatic carbocycles. The molecule has 0 unspecified atom stereocenters. The van der Waals surface area contributed by atoms with E-state index in [2.05, 4.69) is 14.9 Å². The number of carbonyl (C=O) groups is 1. The molecule has 6 heteroatoms. The molecule has 1 saturated heterocycles. The van der Waals surface area contributed by atoms with Gasteiger partial charge in [0.15, 0.2) is 0 Å². The third kappa shape index (κ3) is 3.48. The van der Waals surface area contributed by atoms with Crippen molar-refractivity contribution in [3.05, 3.63) is 0 Å². The number of hydrogen-bond donors (Lipinski definition) is 1. The van der Waals surface area contributed by atoms with Crippen molar-refractivity contribution in [2.24, 2.45) is 0 Å². The minimum absolute atomic E-state index is 0. The highest BCUT2D eigenvalue weighted by Gasteiger charge is 2.31. The molecule has 0 bridgehead atoms. The van der Waals surface area contributed by atoms with Crippen molar-refractivity contribution in [1.29, 1.82) is 0 Å². The van der Waals surface area contributed by atoms with Crippen molar-refractivity contribution >= 4 is 18.4 Å². The lowest BCUT2D eigenvalue weighted by atomic mass is 10.2. The molecule has 5 nitrogen and oxygen atoms in total. The van der Waals surface area contributed by atoms with Crippen LogP contribution in [0.1, 0.15) is 6.42 Å². The summed E-state index contributed by atoms with van der Waals surface area (Å²) in [6, 6.07) is -0.254. The van der Waals surface area contributed by atoms with Crippen LogP contribution in [-0.2, 0) is 19.3 Å². The minimum atomic E-state index is -0.254. The lowest BCUT2D eigenvalue weighted by Crippen LogP contribution is -2.31. The third-order valence-corrected chi connectivity index (χ3v) is 1.81. The quantitative estimate of drug-likeness (QED) is 0.401. The maximum absolute atomic E-state index is 11.0. The molecule has 2 atom stereocenters. The summed E-state index contributed by atoms with van der Waals surface area (Å²) >= 11 is 0. The summed E-state index contributed by atoms with van der Waals surface area (Å²) in [6.45, 7) is 0.619. The van der Waals surface area contributed by atoms with E-state index in [-0.39, 0.29) is 30.5 Å². The van der Waals surface area contributed by atoms with E-state index in [1.807, 2.05) is 0 Å². The lowest BCUT2D eigenvalue weighted by molar-refractivity contribution is -0.300. The van der Waals surface area contributed by atoms with Crippen LogP contribution in [0, 0.1) is 0 Å². The number of halogens is 1. The molecule has 78 valence electrons. The Labute approximate surface area is 83.1 Å². The van der Waals surface area contributed by atoms with Crippen molar-refractivity contribution in [3.63, 3.8) is 0 Å². The average molecular weight is 212 g/mol. The molecule has 1 aliphatic rings. The van der Waals surface area contributed by atoms with Gasteiger partial charge in [0.25, 0.3) is 0 Å². The first kappa shape index (κ1) is 12.6. The molecule has 0 aliphatic carbocycles. The number of ether oxygens (including phenoxy) is 1. The molecule has 0 aromatic rings. The first-order chi connectivity index (χ1) is 5.77. The fraction of sp³-hybridized carbons (Fsp3) is 0.857. The third-order valence-electron chi connectivity index (χ3n) is 1.81. The van der Waals surface area contributed by atoms with Gasteiger partial charge >= 0.3 is 5.97 Å². The summed E-state index contributed by atoms with van der Waals surface area (Å²) < 4.78 is 4.56. The Morgan fingerprint density at radius 2 is 2.15 bits per heavy atom. The fourth-order valence-electron chi connectivity index (χ4n) is 1.23. The minimum Gasteiger partial charge on any atom is -0.468 e. The Balaban J connectivity index is 0.00000144. The largest absolute Gasteiger partial charge is 0.468 e. The molecule has 1 rings (SSSR count). The second kappa shape index (κ2) is 6.15. The first-order valence-electron chi connectivity index (χ1n) is 3.78. The number of carbonyl (C=O) groups excluding carboxylic acids is 1. The highest BCUT2D eigenvalue weighted by atomic mass is 35.5. The maximum atomic E-state index is 11.0. The Morgan fingerprint density at radius 1 is 1.46 bits per heavy atom. The van der Waals surface area contributed by atoms with Crippen LogP contribution in [0.15, 0.2) is 0 Å². The van der Waals surface area contributed by atoms with Crippen molar-refractivity contribution < 1.29 is 19.3 Å². The Kier molecular flexibility index (Phi) is 5.98. The topological polar surface area (TPSA) is 56.8 Å². The van der Waals surface area contributed by atoms with Gasteiger partial charge in [-0.2, -0.15) is 0 Å². The van der Waals surface area contributed by atoms with Gasteiger partial charge in [0.1, 0.15) is 12.1 Å². The molecular formula is C7H14ClNO4. The van der Waals surface area contributed by atoms with Crippen LogP contribution < -0.4 is 5.32 Å². The normalized spacial score (nSPS) is 26.6. The van der Waals surface area contributed by atoms with Crippen LogP contribution in [0.3, 0.4) is 0 Å². The van der Waals surface area contributed by atoms with Crippen LogP contribution in [0.4, 0.5) is 0 Å². The van der Waals surface area contributed by atoms with Crippen LogP contribution in [0.2, 0.25) is 0 Å². The SMILES string of the molecule is COO[C@H]1CN[C@@H](C(=O)OC)C1.Cl. The van der Waals surface area contributed by atoms with Crippen LogP contribution in [-0.4, -0.2) is 38.9 Å². The predicted molar refractivity (Wildman–Crippen MR) is 47.6 cm³/mol. The van der Waals surface area contributed by atoms with Crippen molar-refractivity contribution in [2.75, 3.05) is 20.8 Å². The van der Waals surface area contributed by atoms with Gasteiger partial charge in [0.05, 0.1) is 14.2 Å². The Hall–Kier alpha value is -0.360. The fourth-order valence-corrected chi connectivity index (χ4v) is 1.23. The van der Waals surface area contributed by atoms with Gasteiger partial charge in [-0.1, -0.05) is 0 Å². The molecule has 1 aliphatic heterocycles. The zero-order valence-electron chi connectivity index (χ0n) is 7.61. The lowest BCUT2D eigenvalue weighted by Gasteiger charge is -2.06. The van der Waals surface area contributed by atoms with E-state index in [9.17, 15) is 4.79 Å². The summed E-state index contributed by atoms with van der Waals surface area (Å²) in [5.41, 5.74) is 0. The van der Waals surface area contributed by atoms with Gasteiger partial charge in [0.2, 0.25) is 0 Å². The molecule has 0 spiro atoms. The van der Waals surface area contributed by atoms with E-state index in [0.29, 0.717) is 13.0 Å². The zero-order chi connectivity index (χ0) is 8.97. The monoisotopic (exact) mass is 211 g/mol. The molecule has 1 heterocycles. The number of methoxy groups -OCH3 is 1. The smallest absolute Gasteiger partial charge is 0.322 e. The Morgan fingerprint density at radius 3 is 2.69 bits per heavy atom. The van der Waals surface area contributed by atoms with E-state index in [1.165, 1.54) is 14.2 Å². The molecule has 0 saturated carbocycles. The predicted octanol–water partition coefficient (Wildman–Crippen LogP) is -0.110. The second-order valence-electron chi connectivity index (χ2n) is 2.60. The van der Waals surface area contributed by atoms with Gasteiger partial charge in [-0.25, -0.2) is 9.78 Å². The van der Waals surface area contributed by atoms with Gasteiger partial charge in [-0.3, -0.25) is 4.79 Å². The highest BCUT2D eigenvalue weighted by molar-refractivity contribution is 5.85. The summed E-state index contributed by atoms with van der Waals surface area (Å²) in [7, 11) is 2.82. The van der Waals surface area contributed by atoms with Crippen molar-refractivity contribution in [3.8, 4) is 0 Å². The number of nitrogens with one attached hydrogen (secondary N) is 1. The first-order valence-corrected chi connectivity index (χ1v) is 3.78. The number of esters is 1. The number of hydrogen-bond acceptors (Lipinski definition) is 5. The zero-order valence-corrected chi connectivity index (χ0v) is 8.43. The van der Waals surface area contributed by atoms with E-state index in [0.717, 1.165) is 0 Å². The van der Waals surface area contributed by atoms with E-state index in [4.69, 9.17) is 4.89 Å². The standard InChI is InChI=1S/C7H13NO4.ClH/c1-10-7(9)6-3-5(4-8-6)12-11-2;/h5-6,8H,3-4H2,1-2H3;1H/t5-,6-;/m1./s1. The van der Waals surface area contributed by atoms with Gasteiger partial charge in [-0.15, -0.1) is 12.4 Å². The molecule has 0 amide bonds. The Bertz CT molecular complexity index is 167. The molecule has 13 heavy (non-hydrogen) atoms. The summed E-state index contributed by atoms with van der Waals surface area (Å²) in [5, 5.41) is 2.96. The highest BCUT2D eigenvalue weighted by Crippen LogP contribution is 2.11. The van der Waals surface area contributed by atoms with E-state index >= 15 is 0 Å². The molecular weight excluding hydrogens is 198 g/mol. The molecule has 1 fully saturated rings. The summed E-state index contributed by atoms with van der Waals surface area (Å²) in [4.78, 5) is 20.3. The van der Waals surface area contributed by atoms with Crippen LogP contribution in [0.25, 0.3) is 0 Å². The molecule has 1 N–H and O–H groups in total. The molecule has 0 aromatic heterocycles. The number of rotatable bonds is 3. The average Bonchev–Trinajstić information content (AvgIpc) is 2.52. The summed E-state index contributed by atoms with van der Waals surface area (Å²) in [6.07, 6.45) is 0.541. The van der Waals surface area contributed by atoms with Crippen LogP contribution >= 0.6 is 12.4 Å². The van der Waals surface area contributed by atoms with Gasteiger partial charge in [-0.05, 0) is 0 Å². The van der Waals surface area contributed by atoms with Gasteiger partial charge in [0, 0.05) is 13.0 Å². The van der Waals surface area contributed by atoms with Crippen molar-refractivity contribution in [2.45, 2.75) is 18.6 Å². The van der Waals surface area contributed by atoms with Crippen LogP contribution in [0.5, 0.6) is 0 Å². The summed E-state index contributed by atoms with van der Waals surface area (Å²) in [5.74, 6) is -0.253. The second-order valence-corrected chi connectivity index (χ2v) is 2.60. The maximum Gasteiger partial charge on any atom is 0.322 e. The van der Waals surface area contributed by atoms with Crippen molar-refractivity contribution in [1.82, 2.24) is 5.32 Å². The molecule has 0 radical (unpaired) electrons.